The van der Waals surface area contributed by atoms with Crippen molar-refractivity contribution >= 4 is 21.6 Å². The Balaban J connectivity index is 1.86. The number of para-hydroxylation sites is 1. The molecule has 0 N–H and O–H groups in total. The Morgan fingerprint density at radius 2 is 2.04 bits per heavy atom. The van der Waals surface area contributed by atoms with Crippen molar-refractivity contribution in [2.75, 3.05) is 18.5 Å². The lowest BCUT2D eigenvalue weighted by Crippen LogP contribution is -2.47. The van der Waals surface area contributed by atoms with E-state index in [0.717, 1.165) is 28.4 Å². The number of carbonyl (C=O) groups excluding carboxylic acids is 1. The fourth-order valence-electron chi connectivity index (χ4n) is 3.42. The van der Waals surface area contributed by atoms with Gasteiger partial charge in [-0.05, 0) is 45.2 Å². The van der Waals surface area contributed by atoms with Crippen LogP contribution in [0.25, 0.3) is 0 Å². The molecule has 0 spiro atoms. The summed E-state index contributed by atoms with van der Waals surface area (Å²) in [5, 5.41) is 3.70. The summed E-state index contributed by atoms with van der Waals surface area (Å²) in [6, 6.07) is 7.78. The van der Waals surface area contributed by atoms with Crippen LogP contribution < -0.4 is 4.90 Å². The average Bonchev–Trinajstić information content (AvgIpc) is 2.93. The third-order valence-electron chi connectivity index (χ3n) is 4.79. The summed E-state index contributed by atoms with van der Waals surface area (Å²) in [5.41, 5.74) is 2.26. The molecule has 1 amide bonds. The number of likely N-dealkylation sites (N-methyl/N-ethyl adjacent to an activating group) is 1. The number of hydrogen-bond donors (Lipinski definition) is 0. The van der Waals surface area contributed by atoms with Crippen molar-refractivity contribution in [3.8, 4) is 0 Å². The molecule has 0 saturated heterocycles. The van der Waals surface area contributed by atoms with Gasteiger partial charge >= 0.3 is 0 Å². The van der Waals surface area contributed by atoms with Gasteiger partial charge < -0.3 is 9.42 Å². The minimum atomic E-state index is -3.86. The molecule has 0 bridgehead atoms. The SMILES string of the molecule is Cc1noc(C)c1S(=O)(=O)N(C)CC(=O)N1c2ccccc2CCC1C. The number of carbonyl (C=O) groups is 1. The number of hydrogen-bond acceptors (Lipinski definition) is 5. The number of anilines is 1. The van der Waals surface area contributed by atoms with Crippen LogP contribution in [0.1, 0.15) is 30.4 Å². The molecule has 1 atom stereocenters. The third-order valence-corrected chi connectivity index (χ3v) is 6.83. The molecule has 2 heterocycles. The Hall–Kier alpha value is -2.19. The lowest BCUT2D eigenvalue weighted by Gasteiger charge is -2.36. The topological polar surface area (TPSA) is 83.7 Å². The molecule has 2 aromatic rings. The van der Waals surface area contributed by atoms with Crippen LogP contribution in [-0.4, -0.2) is 43.4 Å². The average molecular weight is 377 g/mol. The maximum atomic E-state index is 12.9. The van der Waals surface area contributed by atoms with E-state index >= 15 is 0 Å². The predicted octanol–water partition coefficient (Wildman–Crippen LogP) is 2.28. The lowest BCUT2D eigenvalue weighted by atomic mass is 9.96. The molecule has 0 saturated carbocycles. The zero-order valence-electron chi connectivity index (χ0n) is 15.4. The fourth-order valence-corrected chi connectivity index (χ4v) is 4.82. The van der Waals surface area contributed by atoms with Crippen molar-refractivity contribution in [2.24, 2.45) is 0 Å². The van der Waals surface area contributed by atoms with Crippen LogP contribution in [-0.2, 0) is 21.2 Å². The third kappa shape index (κ3) is 3.14. The van der Waals surface area contributed by atoms with Crippen molar-refractivity contribution in [3.05, 3.63) is 41.3 Å². The van der Waals surface area contributed by atoms with Gasteiger partial charge in [-0.2, -0.15) is 4.31 Å². The first kappa shape index (κ1) is 18.6. The molecule has 8 heteroatoms. The Kier molecular flexibility index (Phi) is 4.90. The van der Waals surface area contributed by atoms with E-state index in [1.54, 1.807) is 18.7 Å². The summed E-state index contributed by atoms with van der Waals surface area (Å²) in [5.74, 6) is -0.0269. The molecule has 3 rings (SSSR count). The van der Waals surface area contributed by atoms with Gasteiger partial charge in [-0.3, -0.25) is 4.79 Å². The second-order valence-corrected chi connectivity index (χ2v) is 8.68. The van der Waals surface area contributed by atoms with Gasteiger partial charge in [0.25, 0.3) is 0 Å². The highest BCUT2D eigenvalue weighted by Crippen LogP contribution is 2.31. The van der Waals surface area contributed by atoms with E-state index in [1.807, 2.05) is 31.2 Å². The van der Waals surface area contributed by atoms with E-state index in [2.05, 4.69) is 5.16 Å². The molecular weight excluding hydrogens is 354 g/mol. The number of aryl methyl sites for hydroxylation is 3. The summed E-state index contributed by atoms with van der Waals surface area (Å²) < 4.78 is 31.7. The Morgan fingerprint density at radius 3 is 2.69 bits per heavy atom. The Bertz CT molecular complexity index is 916. The standard InChI is InChI=1S/C18H23N3O4S/c1-12-9-10-15-7-5-6-8-16(15)21(12)17(22)11-20(4)26(23,24)18-13(2)19-25-14(18)3/h5-8,12H,9-11H2,1-4H3. The number of nitrogens with zero attached hydrogens (tertiary/aromatic N) is 3. The van der Waals surface area contributed by atoms with Gasteiger partial charge in [0.15, 0.2) is 5.76 Å². The molecule has 7 nitrogen and oxygen atoms in total. The number of fused-ring (bicyclic) bond motifs is 1. The van der Waals surface area contributed by atoms with Crippen molar-refractivity contribution in [3.63, 3.8) is 0 Å². The maximum Gasteiger partial charge on any atom is 0.248 e. The second-order valence-electron chi connectivity index (χ2n) is 6.69. The molecule has 0 radical (unpaired) electrons. The normalized spacial score (nSPS) is 17.4. The molecule has 1 aliphatic rings. The first-order valence-electron chi connectivity index (χ1n) is 8.52. The van der Waals surface area contributed by atoms with Crippen LogP contribution in [0.2, 0.25) is 0 Å². The van der Waals surface area contributed by atoms with Crippen LogP contribution in [0.5, 0.6) is 0 Å². The fraction of sp³-hybridized carbons (Fsp3) is 0.444. The molecule has 1 unspecified atom stereocenters. The van der Waals surface area contributed by atoms with Gasteiger partial charge in [0, 0.05) is 18.8 Å². The number of amides is 1. The van der Waals surface area contributed by atoms with Gasteiger partial charge in [0.05, 0.1) is 6.54 Å². The smallest absolute Gasteiger partial charge is 0.248 e. The van der Waals surface area contributed by atoms with E-state index in [1.165, 1.54) is 7.05 Å². The summed E-state index contributed by atoms with van der Waals surface area (Å²) in [6.07, 6.45) is 1.76. The predicted molar refractivity (Wildman–Crippen MR) is 97.5 cm³/mol. The second kappa shape index (κ2) is 6.85. The van der Waals surface area contributed by atoms with E-state index in [9.17, 15) is 13.2 Å². The highest BCUT2D eigenvalue weighted by Gasteiger charge is 2.33. The van der Waals surface area contributed by atoms with Gasteiger partial charge in [0.2, 0.25) is 15.9 Å². The first-order valence-corrected chi connectivity index (χ1v) is 9.96. The molecule has 1 aromatic heterocycles. The zero-order valence-corrected chi connectivity index (χ0v) is 16.2. The summed E-state index contributed by atoms with van der Waals surface area (Å²) in [7, 11) is -2.45. The molecular formula is C18H23N3O4S. The molecule has 140 valence electrons. The molecule has 26 heavy (non-hydrogen) atoms. The minimum Gasteiger partial charge on any atom is -0.360 e. The monoisotopic (exact) mass is 377 g/mol. The van der Waals surface area contributed by atoms with E-state index in [0.29, 0.717) is 5.69 Å². The first-order chi connectivity index (χ1) is 12.2. The number of rotatable bonds is 4. The van der Waals surface area contributed by atoms with E-state index in [-0.39, 0.29) is 29.1 Å². The quantitative estimate of drug-likeness (QED) is 0.816. The summed E-state index contributed by atoms with van der Waals surface area (Å²) >= 11 is 0. The number of sulfonamides is 1. The highest BCUT2D eigenvalue weighted by atomic mass is 32.2. The van der Waals surface area contributed by atoms with Gasteiger partial charge in [-0.1, -0.05) is 23.4 Å². The van der Waals surface area contributed by atoms with Crippen LogP contribution in [0.15, 0.2) is 33.7 Å². The van der Waals surface area contributed by atoms with E-state index in [4.69, 9.17) is 4.52 Å². The number of benzene rings is 1. The molecule has 0 fully saturated rings. The van der Waals surface area contributed by atoms with Gasteiger partial charge in [0.1, 0.15) is 10.6 Å². The van der Waals surface area contributed by atoms with E-state index < -0.39 is 10.0 Å². The van der Waals surface area contributed by atoms with Crippen LogP contribution in [0, 0.1) is 13.8 Å². The highest BCUT2D eigenvalue weighted by molar-refractivity contribution is 7.89. The summed E-state index contributed by atoms with van der Waals surface area (Å²) in [6.45, 7) is 4.86. The van der Waals surface area contributed by atoms with Crippen molar-refractivity contribution in [2.45, 2.75) is 44.6 Å². The zero-order chi connectivity index (χ0) is 19.1. The van der Waals surface area contributed by atoms with Crippen LogP contribution in [0.4, 0.5) is 5.69 Å². The maximum absolute atomic E-state index is 12.9. The van der Waals surface area contributed by atoms with Gasteiger partial charge in [-0.15, -0.1) is 0 Å². The lowest BCUT2D eigenvalue weighted by molar-refractivity contribution is -0.119. The largest absolute Gasteiger partial charge is 0.360 e. The van der Waals surface area contributed by atoms with Crippen LogP contribution >= 0.6 is 0 Å². The minimum absolute atomic E-state index is 0.0209. The van der Waals surface area contributed by atoms with Gasteiger partial charge in [-0.25, -0.2) is 8.42 Å². The Morgan fingerprint density at radius 1 is 1.35 bits per heavy atom. The molecule has 1 aromatic carbocycles. The van der Waals surface area contributed by atoms with Crippen molar-refractivity contribution < 1.29 is 17.7 Å². The molecule has 1 aliphatic heterocycles. The van der Waals surface area contributed by atoms with Crippen molar-refractivity contribution in [1.82, 2.24) is 9.46 Å². The summed E-state index contributed by atoms with van der Waals surface area (Å²) in [4.78, 5) is 14.7. The number of aromatic nitrogens is 1. The van der Waals surface area contributed by atoms with Crippen molar-refractivity contribution in [1.29, 1.82) is 0 Å². The molecule has 0 aliphatic carbocycles. The Labute approximate surface area is 153 Å². The van der Waals surface area contributed by atoms with Crippen LogP contribution in [0.3, 0.4) is 0 Å².